The van der Waals surface area contributed by atoms with Crippen LogP contribution in [0, 0.1) is 0 Å². The summed E-state index contributed by atoms with van der Waals surface area (Å²) in [5, 5.41) is 1.82. The second-order valence-corrected chi connectivity index (χ2v) is 10.5. The van der Waals surface area contributed by atoms with Crippen molar-refractivity contribution in [1.29, 1.82) is 0 Å². The van der Waals surface area contributed by atoms with Crippen LogP contribution in [0.15, 0.2) is 0 Å². The molecule has 2 fully saturated rings. The highest BCUT2D eigenvalue weighted by atomic mass is 32.2. The van der Waals surface area contributed by atoms with E-state index in [0.717, 1.165) is 10.5 Å². The van der Waals surface area contributed by atoms with Crippen LogP contribution in [0.25, 0.3) is 0 Å². The molecule has 0 aromatic carbocycles. The Morgan fingerprint density at radius 1 is 0.619 bits per heavy atom. The Labute approximate surface area is 137 Å². The second-order valence-electron chi connectivity index (χ2n) is 8.85. The highest BCUT2D eigenvalue weighted by Gasteiger charge is 2.31. The van der Waals surface area contributed by atoms with Crippen LogP contribution in [0.4, 0.5) is 0 Å². The highest BCUT2D eigenvalue weighted by molar-refractivity contribution is 8.00. The van der Waals surface area contributed by atoms with Gasteiger partial charge in [0.2, 0.25) is 0 Å². The van der Waals surface area contributed by atoms with Crippen LogP contribution in [0.2, 0.25) is 0 Å². The fraction of sp³-hybridized carbons (Fsp3) is 1.00. The first-order chi connectivity index (χ1) is 9.66. The Morgan fingerprint density at radius 2 is 0.905 bits per heavy atom. The molecule has 124 valence electrons. The Hall–Kier alpha value is 0.270. The zero-order chi connectivity index (χ0) is 15.7. The van der Waals surface area contributed by atoms with E-state index in [4.69, 9.17) is 0 Å². The molecule has 2 nitrogen and oxygen atoms in total. The van der Waals surface area contributed by atoms with E-state index in [-0.39, 0.29) is 0 Å². The molecule has 0 aromatic heterocycles. The topological polar surface area (TPSA) is 6.48 Å². The summed E-state index contributed by atoms with van der Waals surface area (Å²) in [6.07, 6.45) is 5.56. The van der Waals surface area contributed by atoms with Crippen LogP contribution >= 0.6 is 11.8 Å². The minimum absolute atomic E-state index is 0.355. The van der Waals surface area contributed by atoms with Crippen molar-refractivity contribution in [3.63, 3.8) is 0 Å². The summed E-state index contributed by atoms with van der Waals surface area (Å²) in [6, 6.07) is 0. The minimum atomic E-state index is 0.355. The Kier molecular flexibility index (Phi) is 5.71. The van der Waals surface area contributed by atoms with Gasteiger partial charge in [-0.05, 0) is 93.4 Å². The summed E-state index contributed by atoms with van der Waals surface area (Å²) in [6.45, 7) is 19.3. The van der Waals surface area contributed by atoms with Gasteiger partial charge in [-0.3, -0.25) is 9.80 Å². The van der Waals surface area contributed by atoms with Gasteiger partial charge in [0, 0.05) is 21.6 Å². The van der Waals surface area contributed by atoms with Crippen LogP contribution in [0.3, 0.4) is 0 Å². The molecule has 3 heteroatoms. The molecule has 2 aliphatic heterocycles. The van der Waals surface area contributed by atoms with Crippen molar-refractivity contribution in [3.05, 3.63) is 0 Å². The van der Waals surface area contributed by atoms with E-state index in [2.05, 4.69) is 63.1 Å². The molecule has 0 atom stereocenters. The molecular formula is C18H36N2S. The third kappa shape index (κ3) is 5.14. The molecular weight excluding hydrogens is 276 g/mol. The monoisotopic (exact) mass is 312 g/mol. The first kappa shape index (κ1) is 17.6. The molecule has 0 unspecified atom stereocenters. The third-order valence-corrected chi connectivity index (χ3v) is 6.88. The first-order valence-corrected chi connectivity index (χ1v) is 9.76. The van der Waals surface area contributed by atoms with E-state index in [1.54, 1.807) is 0 Å². The van der Waals surface area contributed by atoms with Crippen molar-refractivity contribution in [3.8, 4) is 0 Å². The van der Waals surface area contributed by atoms with E-state index in [1.807, 2.05) is 0 Å². The number of piperidine rings is 2. The molecule has 0 radical (unpaired) electrons. The minimum Gasteiger partial charge on any atom is -0.298 e. The lowest BCUT2D eigenvalue weighted by molar-refractivity contribution is 0.110. The lowest BCUT2D eigenvalue weighted by Crippen LogP contribution is -2.48. The summed E-state index contributed by atoms with van der Waals surface area (Å²) in [5.41, 5.74) is 0.710. The average molecular weight is 313 g/mol. The van der Waals surface area contributed by atoms with E-state index in [1.165, 1.54) is 51.9 Å². The molecule has 2 rings (SSSR count). The number of hydrogen-bond donors (Lipinski definition) is 0. The predicted octanol–water partition coefficient (Wildman–Crippen LogP) is 4.25. The maximum atomic E-state index is 2.66. The number of hydrogen-bond acceptors (Lipinski definition) is 3. The number of nitrogens with zero attached hydrogens (tertiary/aromatic N) is 2. The van der Waals surface area contributed by atoms with Crippen molar-refractivity contribution >= 4 is 11.8 Å². The summed E-state index contributed by atoms with van der Waals surface area (Å²) in [7, 11) is 0. The van der Waals surface area contributed by atoms with E-state index >= 15 is 0 Å². The van der Waals surface area contributed by atoms with Gasteiger partial charge >= 0.3 is 0 Å². The molecule has 2 saturated heterocycles. The molecule has 0 amide bonds. The molecule has 21 heavy (non-hydrogen) atoms. The zero-order valence-corrected chi connectivity index (χ0v) is 15.9. The molecule has 0 saturated carbocycles. The fourth-order valence-electron chi connectivity index (χ4n) is 3.60. The largest absolute Gasteiger partial charge is 0.298 e. The highest BCUT2D eigenvalue weighted by Crippen LogP contribution is 2.34. The van der Waals surface area contributed by atoms with Gasteiger partial charge in [-0.1, -0.05) is 0 Å². The summed E-state index contributed by atoms with van der Waals surface area (Å²) in [5.74, 6) is 0. The lowest BCUT2D eigenvalue weighted by Gasteiger charge is -2.43. The Morgan fingerprint density at radius 3 is 1.14 bits per heavy atom. The fourth-order valence-corrected chi connectivity index (χ4v) is 5.11. The van der Waals surface area contributed by atoms with Crippen molar-refractivity contribution in [1.82, 2.24) is 9.80 Å². The maximum absolute atomic E-state index is 2.66. The van der Waals surface area contributed by atoms with Crippen molar-refractivity contribution in [2.75, 3.05) is 26.2 Å². The Bertz CT molecular complexity index is 281. The molecule has 0 aliphatic carbocycles. The van der Waals surface area contributed by atoms with Gasteiger partial charge in [0.05, 0.1) is 0 Å². The molecule has 0 N–H and O–H groups in total. The molecule has 0 spiro atoms. The van der Waals surface area contributed by atoms with Gasteiger partial charge < -0.3 is 0 Å². The van der Waals surface area contributed by atoms with Crippen LogP contribution in [0.5, 0.6) is 0 Å². The van der Waals surface area contributed by atoms with Crippen LogP contribution in [0.1, 0.15) is 67.2 Å². The number of likely N-dealkylation sites (tertiary alicyclic amines) is 2. The van der Waals surface area contributed by atoms with Gasteiger partial charge in [0.15, 0.2) is 0 Å². The summed E-state index contributed by atoms with van der Waals surface area (Å²) < 4.78 is 0. The summed E-state index contributed by atoms with van der Waals surface area (Å²) in [4.78, 5) is 5.32. The normalized spacial score (nSPS) is 25.4. The first-order valence-electron chi connectivity index (χ1n) is 8.82. The van der Waals surface area contributed by atoms with E-state index in [0.29, 0.717) is 11.1 Å². The SMILES string of the molecule is CC(C)(C)N1CCC(SC2CCN(C(C)(C)C)CC2)CC1. The van der Waals surface area contributed by atoms with Crippen LogP contribution in [-0.2, 0) is 0 Å². The lowest BCUT2D eigenvalue weighted by atomic mass is 10.0. The Balaban J connectivity index is 1.71. The number of rotatable bonds is 2. The molecule has 2 heterocycles. The van der Waals surface area contributed by atoms with Gasteiger partial charge in [-0.15, -0.1) is 0 Å². The molecule has 0 aromatic rings. The van der Waals surface area contributed by atoms with Gasteiger partial charge in [-0.2, -0.15) is 11.8 Å². The average Bonchev–Trinajstić information content (AvgIpc) is 2.38. The van der Waals surface area contributed by atoms with Gasteiger partial charge in [0.1, 0.15) is 0 Å². The van der Waals surface area contributed by atoms with E-state index in [9.17, 15) is 0 Å². The van der Waals surface area contributed by atoms with Crippen molar-refractivity contribution < 1.29 is 0 Å². The quantitative estimate of drug-likeness (QED) is 0.753. The predicted molar refractivity (Wildman–Crippen MR) is 96.3 cm³/mol. The zero-order valence-electron chi connectivity index (χ0n) is 15.1. The second kappa shape index (κ2) is 6.80. The molecule has 0 bridgehead atoms. The summed E-state index contributed by atoms with van der Waals surface area (Å²) >= 11 is 2.31. The number of thioether (sulfide) groups is 1. The van der Waals surface area contributed by atoms with Crippen molar-refractivity contribution in [2.24, 2.45) is 0 Å². The van der Waals surface area contributed by atoms with E-state index < -0.39 is 0 Å². The van der Waals surface area contributed by atoms with Gasteiger partial charge in [0.25, 0.3) is 0 Å². The third-order valence-electron chi connectivity index (χ3n) is 5.17. The smallest absolute Gasteiger partial charge is 0.0125 e. The van der Waals surface area contributed by atoms with Crippen molar-refractivity contribution in [2.45, 2.75) is 88.8 Å². The standard InChI is InChI=1S/C18H36N2S/c1-17(2,3)19-11-7-15(8-12-19)21-16-9-13-20(14-10-16)18(4,5)6/h15-16H,7-14H2,1-6H3. The molecule has 2 aliphatic rings. The van der Waals surface area contributed by atoms with Gasteiger partial charge in [-0.25, -0.2) is 0 Å². The maximum Gasteiger partial charge on any atom is 0.0125 e. The van der Waals surface area contributed by atoms with Crippen LogP contribution < -0.4 is 0 Å². The van der Waals surface area contributed by atoms with Crippen LogP contribution in [-0.4, -0.2) is 57.6 Å².